The SMILES string of the molecule is CNCCCNS(=O)(=O)C(F)(F)C(F)(F)C(F)(F)C(F)(F)C(F)(F)C(F)(F)F. The summed E-state index contributed by atoms with van der Waals surface area (Å²) in [6.45, 7) is -1.24. The quantitative estimate of drug-likeness (QED) is 0.381. The van der Waals surface area contributed by atoms with E-state index in [0.29, 0.717) is 4.72 Å². The van der Waals surface area contributed by atoms with Gasteiger partial charge in [-0.15, -0.1) is 0 Å². The van der Waals surface area contributed by atoms with Crippen molar-refractivity contribution in [1.29, 1.82) is 0 Å². The van der Waals surface area contributed by atoms with Crippen LogP contribution < -0.4 is 10.0 Å². The molecule has 0 aliphatic rings. The van der Waals surface area contributed by atoms with Crippen LogP contribution in [0.25, 0.3) is 0 Å². The van der Waals surface area contributed by atoms with Crippen molar-refractivity contribution in [3.05, 3.63) is 0 Å². The largest absolute Gasteiger partial charge is 0.460 e. The standard InChI is InChI=1S/C10H11F13N2O2S/c1-24-3-2-4-25-28(26,27)10(22,23)8(17,18)6(13,14)5(11,12)7(15,16)9(19,20)21/h24-25H,2-4H2,1H3. The third-order valence-corrected chi connectivity index (χ3v) is 4.65. The molecule has 0 saturated carbocycles. The van der Waals surface area contributed by atoms with Gasteiger partial charge in [0.15, 0.2) is 0 Å². The zero-order valence-corrected chi connectivity index (χ0v) is 14.1. The van der Waals surface area contributed by atoms with E-state index in [1.54, 1.807) is 0 Å². The molecule has 2 N–H and O–H groups in total. The molecule has 0 aromatic rings. The summed E-state index contributed by atoms with van der Waals surface area (Å²) in [4.78, 5) is 0. The number of rotatable bonds is 10. The monoisotopic (exact) mass is 470 g/mol. The molecule has 0 aliphatic carbocycles. The molecule has 0 saturated heterocycles. The molecule has 0 fully saturated rings. The average Bonchev–Trinajstić information content (AvgIpc) is 2.49. The summed E-state index contributed by atoms with van der Waals surface area (Å²) in [5.41, 5.74) is 0. The van der Waals surface area contributed by atoms with E-state index in [9.17, 15) is 65.5 Å². The molecule has 0 rings (SSSR count). The predicted molar refractivity (Wildman–Crippen MR) is 66.3 cm³/mol. The van der Waals surface area contributed by atoms with Crippen LogP contribution in [0.15, 0.2) is 0 Å². The fraction of sp³-hybridized carbons (Fsp3) is 1.00. The second-order valence-electron chi connectivity index (χ2n) is 5.17. The maximum Gasteiger partial charge on any atom is 0.460 e. The van der Waals surface area contributed by atoms with Crippen molar-refractivity contribution in [2.75, 3.05) is 20.1 Å². The molecule has 0 heterocycles. The Balaban J connectivity index is 6.18. The first-order valence-corrected chi connectivity index (χ1v) is 8.14. The van der Waals surface area contributed by atoms with Crippen LogP contribution in [0, 0.1) is 0 Å². The molecule has 0 bridgehead atoms. The van der Waals surface area contributed by atoms with Gasteiger partial charge in [0.1, 0.15) is 0 Å². The number of hydrogen-bond donors (Lipinski definition) is 2. The lowest BCUT2D eigenvalue weighted by atomic mass is 9.98. The average molecular weight is 470 g/mol. The number of halogens is 13. The Hall–Kier alpha value is -1.04. The Kier molecular flexibility index (Phi) is 7.37. The predicted octanol–water partition coefficient (Wildman–Crippen LogP) is 3.21. The van der Waals surface area contributed by atoms with Crippen LogP contribution in [0.3, 0.4) is 0 Å². The van der Waals surface area contributed by atoms with Crippen LogP contribution >= 0.6 is 0 Å². The van der Waals surface area contributed by atoms with Gasteiger partial charge in [0.05, 0.1) is 0 Å². The molecule has 4 nitrogen and oxygen atoms in total. The molecule has 0 aliphatic heterocycles. The van der Waals surface area contributed by atoms with Crippen LogP contribution in [0.4, 0.5) is 57.1 Å². The molecule has 0 unspecified atom stereocenters. The van der Waals surface area contributed by atoms with Gasteiger partial charge < -0.3 is 5.32 Å². The molecule has 0 aromatic heterocycles. The maximum atomic E-state index is 13.4. The van der Waals surface area contributed by atoms with E-state index >= 15 is 0 Å². The third kappa shape index (κ3) is 3.99. The van der Waals surface area contributed by atoms with E-state index in [2.05, 4.69) is 5.32 Å². The van der Waals surface area contributed by atoms with Gasteiger partial charge in [0, 0.05) is 6.54 Å². The van der Waals surface area contributed by atoms with Crippen LogP contribution in [-0.2, 0) is 10.0 Å². The number of sulfonamides is 1. The van der Waals surface area contributed by atoms with Crippen LogP contribution in [0.1, 0.15) is 6.42 Å². The maximum absolute atomic E-state index is 13.4. The summed E-state index contributed by atoms with van der Waals surface area (Å²) in [5, 5.41) is -4.88. The lowest BCUT2D eigenvalue weighted by Gasteiger charge is -2.39. The minimum absolute atomic E-state index is 0.128. The minimum atomic E-state index is -8.15. The van der Waals surface area contributed by atoms with Gasteiger partial charge in [-0.05, 0) is 20.0 Å². The second-order valence-corrected chi connectivity index (χ2v) is 6.98. The smallest absolute Gasteiger partial charge is 0.320 e. The minimum Gasteiger partial charge on any atom is -0.320 e. The molecular formula is C10H11F13N2O2S. The first-order valence-electron chi connectivity index (χ1n) is 6.66. The van der Waals surface area contributed by atoms with Gasteiger partial charge in [-0.25, -0.2) is 13.1 Å². The van der Waals surface area contributed by atoms with E-state index in [-0.39, 0.29) is 6.54 Å². The van der Waals surface area contributed by atoms with E-state index in [1.807, 2.05) is 0 Å². The Morgan fingerprint density at radius 2 is 1.04 bits per heavy atom. The van der Waals surface area contributed by atoms with Crippen molar-refractivity contribution in [3.8, 4) is 0 Å². The highest BCUT2D eigenvalue weighted by atomic mass is 32.2. The molecule has 18 heteroatoms. The summed E-state index contributed by atoms with van der Waals surface area (Å²) in [6, 6.07) is 0. The van der Waals surface area contributed by atoms with Crippen molar-refractivity contribution in [3.63, 3.8) is 0 Å². The summed E-state index contributed by atoms with van der Waals surface area (Å²) in [6.07, 6.45) is -7.97. The van der Waals surface area contributed by atoms with Gasteiger partial charge in [0.2, 0.25) is 0 Å². The Bertz CT molecular complexity index is 644. The second kappa shape index (κ2) is 7.66. The summed E-state index contributed by atoms with van der Waals surface area (Å²) < 4.78 is 190. The molecule has 28 heavy (non-hydrogen) atoms. The number of hydrogen-bond acceptors (Lipinski definition) is 3. The number of nitrogens with one attached hydrogen (secondary N) is 2. The zero-order valence-electron chi connectivity index (χ0n) is 13.3. The normalized spacial score (nSPS) is 15.8. The third-order valence-electron chi connectivity index (χ3n) is 3.14. The molecular weight excluding hydrogens is 459 g/mol. The molecule has 170 valence electrons. The van der Waals surface area contributed by atoms with Gasteiger partial charge in [0.25, 0.3) is 10.0 Å². The molecule has 0 spiro atoms. The van der Waals surface area contributed by atoms with Gasteiger partial charge in [-0.3, -0.25) is 0 Å². The fourth-order valence-corrected chi connectivity index (χ4v) is 2.55. The molecule has 0 amide bonds. The van der Waals surface area contributed by atoms with Crippen molar-refractivity contribution >= 4 is 10.0 Å². The molecule has 0 atom stereocenters. The van der Waals surface area contributed by atoms with Crippen LogP contribution in [0.5, 0.6) is 0 Å². The summed E-state index contributed by atoms with van der Waals surface area (Å²) in [7, 11) is -5.66. The van der Waals surface area contributed by atoms with Crippen LogP contribution in [0.2, 0.25) is 0 Å². The zero-order chi connectivity index (χ0) is 23.0. The Morgan fingerprint density at radius 3 is 1.39 bits per heavy atom. The number of alkyl halides is 13. The van der Waals surface area contributed by atoms with E-state index in [1.165, 1.54) is 7.05 Å². The van der Waals surface area contributed by atoms with Crippen LogP contribution in [-0.4, -0.2) is 63.7 Å². The highest BCUT2D eigenvalue weighted by Crippen LogP contribution is 2.60. The Morgan fingerprint density at radius 1 is 0.643 bits per heavy atom. The molecule has 0 radical (unpaired) electrons. The van der Waals surface area contributed by atoms with Crippen molar-refractivity contribution < 1.29 is 65.5 Å². The topological polar surface area (TPSA) is 58.2 Å². The molecule has 0 aromatic carbocycles. The van der Waals surface area contributed by atoms with Crippen molar-refractivity contribution in [1.82, 2.24) is 10.0 Å². The highest BCUT2D eigenvalue weighted by Gasteiger charge is 2.92. The highest BCUT2D eigenvalue weighted by molar-refractivity contribution is 7.90. The summed E-state index contributed by atoms with van der Waals surface area (Å²) in [5.74, 6) is -32.1. The van der Waals surface area contributed by atoms with E-state index in [4.69, 9.17) is 0 Å². The lowest BCUT2D eigenvalue weighted by molar-refractivity contribution is -0.433. The first kappa shape index (κ1) is 27.0. The van der Waals surface area contributed by atoms with Gasteiger partial charge in [-0.2, -0.15) is 57.1 Å². The lowest BCUT2D eigenvalue weighted by Crippen LogP contribution is -2.71. The van der Waals surface area contributed by atoms with Gasteiger partial charge in [-0.1, -0.05) is 0 Å². The van der Waals surface area contributed by atoms with Gasteiger partial charge >= 0.3 is 35.1 Å². The van der Waals surface area contributed by atoms with E-state index in [0.717, 1.165) is 0 Å². The first-order chi connectivity index (χ1) is 12.1. The summed E-state index contributed by atoms with van der Waals surface area (Å²) >= 11 is 0. The fourth-order valence-electron chi connectivity index (χ4n) is 1.49. The van der Waals surface area contributed by atoms with Crippen molar-refractivity contribution in [2.24, 2.45) is 0 Å². The van der Waals surface area contributed by atoms with Crippen molar-refractivity contribution in [2.45, 2.75) is 41.5 Å². The Labute approximate surface area is 148 Å². The van der Waals surface area contributed by atoms with E-state index < -0.39 is 58.1 Å².